The Morgan fingerprint density at radius 1 is 1.64 bits per heavy atom. The quantitative estimate of drug-likeness (QED) is 0.588. The summed E-state index contributed by atoms with van der Waals surface area (Å²) in [6.45, 7) is 0. The van der Waals surface area contributed by atoms with Gasteiger partial charge in [0.1, 0.15) is 11.9 Å². The molecule has 0 unspecified atom stereocenters. The summed E-state index contributed by atoms with van der Waals surface area (Å²) in [5.74, 6) is 0.686. The number of nitrogens with zero attached hydrogens (tertiary/aromatic N) is 3. The fourth-order valence-electron chi connectivity index (χ4n) is 0.792. The van der Waals surface area contributed by atoms with Crippen molar-refractivity contribution in [3.63, 3.8) is 0 Å². The molecule has 0 amide bonds. The summed E-state index contributed by atoms with van der Waals surface area (Å²) in [5, 5.41) is 8.63. The standard InChI is InChI=1S/C8H8N3/c1-11(2)8-7(6-9)4-3-5-10-8/h4-5H,1-2H3. The molecule has 0 aromatic carbocycles. The maximum Gasteiger partial charge on any atom is 0.146 e. The number of rotatable bonds is 1. The molecule has 3 nitrogen and oxygen atoms in total. The molecule has 0 spiro atoms. The fourth-order valence-corrected chi connectivity index (χ4v) is 0.792. The molecule has 0 aliphatic heterocycles. The van der Waals surface area contributed by atoms with Crippen LogP contribution >= 0.6 is 0 Å². The minimum atomic E-state index is 0.553. The van der Waals surface area contributed by atoms with Crippen molar-refractivity contribution in [1.82, 2.24) is 4.98 Å². The van der Waals surface area contributed by atoms with E-state index in [0.29, 0.717) is 11.4 Å². The zero-order valence-electron chi connectivity index (χ0n) is 6.50. The second kappa shape index (κ2) is 3.02. The molecule has 1 heterocycles. The molecular weight excluding hydrogens is 138 g/mol. The molecule has 0 saturated carbocycles. The van der Waals surface area contributed by atoms with Gasteiger partial charge in [-0.1, -0.05) is 0 Å². The number of nitriles is 1. The SMILES string of the molecule is CN(C)c1nc[c]cc1C#N. The number of hydrogen-bond acceptors (Lipinski definition) is 3. The summed E-state index contributed by atoms with van der Waals surface area (Å²) in [7, 11) is 3.70. The number of aromatic nitrogens is 1. The molecule has 0 bridgehead atoms. The number of pyridine rings is 1. The summed E-state index contributed by atoms with van der Waals surface area (Å²) in [4.78, 5) is 5.79. The highest BCUT2D eigenvalue weighted by molar-refractivity contribution is 5.51. The lowest BCUT2D eigenvalue weighted by Gasteiger charge is -2.11. The largest absolute Gasteiger partial charge is 0.362 e. The average molecular weight is 146 g/mol. The lowest BCUT2D eigenvalue weighted by atomic mass is 10.3. The van der Waals surface area contributed by atoms with E-state index in [9.17, 15) is 0 Å². The summed E-state index contributed by atoms with van der Waals surface area (Å²) in [6, 6.07) is 6.42. The molecule has 1 rings (SSSR count). The molecular formula is C8H8N3. The molecule has 0 N–H and O–H groups in total. The Morgan fingerprint density at radius 3 is 2.82 bits per heavy atom. The highest BCUT2D eigenvalue weighted by Crippen LogP contribution is 2.11. The van der Waals surface area contributed by atoms with Gasteiger partial charge in [0, 0.05) is 26.4 Å². The monoisotopic (exact) mass is 146 g/mol. The summed E-state index contributed by atoms with van der Waals surface area (Å²) in [6.07, 6.45) is 1.55. The van der Waals surface area contributed by atoms with Gasteiger partial charge in [-0.25, -0.2) is 4.98 Å². The molecule has 0 fully saturated rings. The van der Waals surface area contributed by atoms with E-state index < -0.39 is 0 Å². The number of hydrogen-bond donors (Lipinski definition) is 0. The first-order chi connectivity index (χ1) is 5.25. The first-order valence-corrected chi connectivity index (χ1v) is 3.19. The number of anilines is 1. The first kappa shape index (κ1) is 7.55. The third kappa shape index (κ3) is 1.47. The van der Waals surface area contributed by atoms with E-state index in [1.165, 1.54) is 0 Å². The van der Waals surface area contributed by atoms with E-state index in [4.69, 9.17) is 5.26 Å². The predicted molar refractivity (Wildman–Crippen MR) is 42.1 cm³/mol. The topological polar surface area (TPSA) is 39.9 Å². The molecule has 1 aromatic heterocycles. The lowest BCUT2D eigenvalue weighted by molar-refractivity contribution is 1.06. The van der Waals surface area contributed by atoms with Crippen LogP contribution in [0.1, 0.15) is 5.56 Å². The molecule has 0 aliphatic carbocycles. The molecule has 0 atom stereocenters. The fraction of sp³-hybridized carbons (Fsp3) is 0.250. The van der Waals surface area contributed by atoms with Crippen LogP contribution in [0.25, 0.3) is 0 Å². The van der Waals surface area contributed by atoms with Gasteiger partial charge in [-0.05, 0) is 6.07 Å². The van der Waals surface area contributed by atoms with Crippen molar-refractivity contribution in [1.29, 1.82) is 5.26 Å². The van der Waals surface area contributed by atoms with Gasteiger partial charge in [0.05, 0.1) is 5.56 Å². The van der Waals surface area contributed by atoms with E-state index in [2.05, 4.69) is 11.1 Å². The molecule has 11 heavy (non-hydrogen) atoms. The van der Waals surface area contributed by atoms with Crippen LogP contribution in [0, 0.1) is 17.4 Å². The van der Waals surface area contributed by atoms with E-state index in [0.717, 1.165) is 0 Å². The second-order valence-electron chi connectivity index (χ2n) is 2.31. The Bertz CT molecular complexity index is 286. The van der Waals surface area contributed by atoms with Crippen LogP contribution in [0.3, 0.4) is 0 Å². The van der Waals surface area contributed by atoms with Crippen molar-refractivity contribution >= 4 is 5.82 Å². The van der Waals surface area contributed by atoms with Crippen molar-refractivity contribution in [3.8, 4) is 6.07 Å². The van der Waals surface area contributed by atoms with Crippen molar-refractivity contribution in [2.24, 2.45) is 0 Å². The summed E-state index contributed by atoms with van der Waals surface area (Å²) >= 11 is 0. The molecule has 1 aromatic rings. The Hall–Kier alpha value is -1.56. The predicted octanol–water partition coefficient (Wildman–Crippen LogP) is 0.819. The third-order valence-electron chi connectivity index (χ3n) is 1.27. The van der Waals surface area contributed by atoms with Crippen LogP contribution in [0.4, 0.5) is 5.82 Å². The van der Waals surface area contributed by atoms with Gasteiger partial charge >= 0.3 is 0 Å². The van der Waals surface area contributed by atoms with Crippen molar-refractivity contribution in [2.75, 3.05) is 19.0 Å². The maximum atomic E-state index is 8.63. The van der Waals surface area contributed by atoms with Crippen LogP contribution in [0.5, 0.6) is 0 Å². The highest BCUT2D eigenvalue weighted by Gasteiger charge is 2.02. The van der Waals surface area contributed by atoms with Gasteiger partial charge in [0.15, 0.2) is 0 Å². The van der Waals surface area contributed by atoms with Gasteiger partial charge in [-0.3, -0.25) is 0 Å². The Kier molecular flexibility index (Phi) is 2.07. The molecule has 55 valence electrons. The van der Waals surface area contributed by atoms with Crippen LogP contribution in [0.2, 0.25) is 0 Å². The van der Waals surface area contributed by atoms with Crippen LogP contribution in [-0.4, -0.2) is 19.1 Å². The van der Waals surface area contributed by atoms with Crippen LogP contribution < -0.4 is 4.90 Å². The van der Waals surface area contributed by atoms with E-state index in [1.807, 2.05) is 20.2 Å². The Morgan fingerprint density at radius 2 is 2.36 bits per heavy atom. The van der Waals surface area contributed by atoms with Crippen LogP contribution in [-0.2, 0) is 0 Å². The van der Waals surface area contributed by atoms with Gasteiger partial charge in [0.2, 0.25) is 0 Å². The zero-order valence-corrected chi connectivity index (χ0v) is 6.50. The van der Waals surface area contributed by atoms with Gasteiger partial charge in [-0.15, -0.1) is 0 Å². The van der Waals surface area contributed by atoms with E-state index in [1.54, 1.807) is 17.2 Å². The Labute approximate surface area is 65.9 Å². The van der Waals surface area contributed by atoms with Crippen LogP contribution in [0.15, 0.2) is 12.3 Å². The molecule has 0 aliphatic rings. The van der Waals surface area contributed by atoms with E-state index in [-0.39, 0.29) is 0 Å². The summed E-state index contributed by atoms with van der Waals surface area (Å²) < 4.78 is 0. The van der Waals surface area contributed by atoms with Gasteiger partial charge in [-0.2, -0.15) is 5.26 Å². The highest BCUT2D eigenvalue weighted by atomic mass is 15.1. The normalized spacial score (nSPS) is 8.82. The minimum Gasteiger partial charge on any atom is -0.362 e. The van der Waals surface area contributed by atoms with Gasteiger partial charge in [0.25, 0.3) is 0 Å². The molecule has 3 heteroatoms. The Balaban J connectivity index is 3.15. The maximum absolute atomic E-state index is 8.63. The average Bonchev–Trinajstić information content (AvgIpc) is 2.04. The molecule has 1 radical (unpaired) electrons. The molecule has 0 saturated heterocycles. The van der Waals surface area contributed by atoms with E-state index >= 15 is 0 Å². The lowest BCUT2D eigenvalue weighted by Crippen LogP contribution is -2.11. The zero-order chi connectivity index (χ0) is 8.27. The third-order valence-corrected chi connectivity index (χ3v) is 1.27. The minimum absolute atomic E-state index is 0.553. The van der Waals surface area contributed by atoms with Crippen molar-refractivity contribution < 1.29 is 0 Å². The van der Waals surface area contributed by atoms with Crippen molar-refractivity contribution in [2.45, 2.75) is 0 Å². The smallest absolute Gasteiger partial charge is 0.146 e. The van der Waals surface area contributed by atoms with Gasteiger partial charge < -0.3 is 4.90 Å². The second-order valence-corrected chi connectivity index (χ2v) is 2.31. The van der Waals surface area contributed by atoms with Crippen molar-refractivity contribution in [3.05, 3.63) is 23.9 Å². The first-order valence-electron chi connectivity index (χ1n) is 3.19. The summed E-state index contributed by atoms with van der Waals surface area (Å²) in [5.41, 5.74) is 0.553.